The van der Waals surface area contributed by atoms with Crippen LogP contribution in [0.3, 0.4) is 0 Å². The van der Waals surface area contributed by atoms with Crippen molar-refractivity contribution in [1.82, 2.24) is 4.98 Å². The van der Waals surface area contributed by atoms with E-state index in [1.54, 1.807) is 18.4 Å². The van der Waals surface area contributed by atoms with Gasteiger partial charge in [0.2, 0.25) is 5.89 Å². The number of carbonyl (C=O) groups excluding carboxylic acids is 1. The topological polar surface area (TPSA) is 67.2 Å². The predicted octanol–water partition coefficient (Wildman–Crippen LogP) is 6.55. The number of oxazole rings is 1. The van der Waals surface area contributed by atoms with E-state index in [-0.39, 0.29) is 5.82 Å². The molecule has 0 unspecified atom stereocenters. The molecule has 0 saturated heterocycles. The van der Waals surface area contributed by atoms with Crippen molar-refractivity contribution in [1.29, 1.82) is 0 Å². The number of halogens is 2. The lowest BCUT2D eigenvalue weighted by atomic mass is 10.2. The number of nitrogens with zero attached hydrogens (tertiary/aromatic N) is 1. The third kappa shape index (κ3) is 4.70. The maximum atomic E-state index is 12.9. The van der Waals surface area contributed by atoms with Gasteiger partial charge in [-0.2, -0.15) is 0 Å². The molecule has 0 aliphatic carbocycles. The maximum Gasteiger partial charge on any atom is 0.323 e. The van der Waals surface area contributed by atoms with Crippen molar-refractivity contribution < 1.29 is 13.6 Å². The van der Waals surface area contributed by atoms with Crippen molar-refractivity contribution in [2.75, 3.05) is 10.6 Å². The van der Waals surface area contributed by atoms with E-state index in [0.29, 0.717) is 17.3 Å². The van der Waals surface area contributed by atoms with Crippen molar-refractivity contribution in [3.63, 3.8) is 0 Å². The van der Waals surface area contributed by atoms with Gasteiger partial charge in [-0.1, -0.05) is 28.1 Å². The van der Waals surface area contributed by atoms with Crippen LogP contribution in [0.5, 0.6) is 0 Å². The normalized spacial score (nSPS) is 10.6. The number of carbonyl (C=O) groups is 1. The number of amides is 2. The molecule has 5 nitrogen and oxygen atoms in total. The number of nitrogens with one attached hydrogen (secondary N) is 2. The van der Waals surface area contributed by atoms with Crippen LogP contribution in [0.15, 0.2) is 87.9 Å². The Labute approximate surface area is 174 Å². The maximum absolute atomic E-state index is 12.9. The van der Waals surface area contributed by atoms with Crippen LogP contribution in [0, 0.1) is 5.82 Å². The Morgan fingerprint density at radius 1 is 0.897 bits per heavy atom. The first-order valence-corrected chi connectivity index (χ1v) is 9.51. The summed E-state index contributed by atoms with van der Waals surface area (Å²) in [7, 11) is 0. The third-order valence-corrected chi connectivity index (χ3v) is 4.61. The van der Waals surface area contributed by atoms with Gasteiger partial charge < -0.3 is 15.1 Å². The Bertz CT molecular complexity index is 1140. The van der Waals surface area contributed by atoms with Crippen LogP contribution in [-0.2, 0) is 0 Å². The lowest BCUT2D eigenvalue weighted by Crippen LogP contribution is -2.19. The first-order valence-electron chi connectivity index (χ1n) is 8.72. The largest absolute Gasteiger partial charge is 0.444 e. The van der Waals surface area contributed by atoms with Crippen molar-refractivity contribution >= 4 is 33.3 Å². The van der Waals surface area contributed by atoms with Gasteiger partial charge in [-0.15, -0.1) is 0 Å². The second kappa shape index (κ2) is 8.28. The van der Waals surface area contributed by atoms with Gasteiger partial charge in [-0.3, -0.25) is 0 Å². The molecule has 0 bridgehead atoms. The first kappa shape index (κ1) is 18.9. The molecule has 0 aliphatic heterocycles. The lowest BCUT2D eigenvalue weighted by molar-refractivity contribution is 0.262. The van der Waals surface area contributed by atoms with E-state index >= 15 is 0 Å². The zero-order valence-corrected chi connectivity index (χ0v) is 16.6. The standard InChI is InChI=1S/C22H15BrFN3O2/c23-16-3-1-2-15(12-16)20-13-29-21(27-20)14-4-8-18(9-5-14)25-22(28)26-19-10-6-17(24)7-11-19/h1-13H,(H2,25,26,28). The smallest absolute Gasteiger partial charge is 0.323 e. The number of aromatic nitrogens is 1. The molecule has 1 aromatic heterocycles. The third-order valence-electron chi connectivity index (χ3n) is 4.12. The molecule has 7 heteroatoms. The molecular formula is C22H15BrFN3O2. The summed E-state index contributed by atoms with van der Waals surface area (Å²) in [5.41, 5.74) is 3.58. The number of hydrogen-bond acceptors (Lipinski definition) is 3. The van der Waals surface area contributed by atoms with Gasteiger partial charge in [-0.25, -0.2) is 14.2 Å². The van der Waals surface area contributed by atoms with Crippen LogP contribution >= 0.6 is 15.9 Å². The molecule has 0 saturated carbocycles. The summed E-state index contributed by atoms with van der Waals surface area (Å²) in [5, 5.41) is 5.36. The van der Waals surface area contributed by atoms with E-state index in [2.05, 4.69) is 31.5 Å². The molecular weight excluding hydrogens is 437 g/mol. The number of rotatable bonds is 4. The van der Waals surface area contributed by atoms with Crippen molar-refractivity contribution in [2.45, 2.75) is 0 Å². The molecule has 0 fully saturated rings. The molecule has 144 valence electrons. The molecule has 0 spiro atoms. The van der Waals surface area contributed by atoms with E-state index in [0.717, 1.165) is 21.3 Å². The van der Waals surface area contributed by atoms with Crippen LogP contribution in [0.1, 0.15) is 0 Å². The minimum Gasteiger partial charge on any atom is -0.444 e. The highest BCUT2D eigenvalue weighted by molar-refractivity contribution is 9.10. The minimum atomic E-state index is -0.419. The molecule has 0 atom stereocenters. The van der Waals surface area contributed by atoms with E-state index in [1.807, 2.05) is 36.4 Å². The van der Waals surface area contributed by atoms with Gasteiger partial charge in [-0.05, 0) is 60.7 Å². The van der Waals surface area contributed by atoms with Crippen LogP contribution in [-0.4, -0.2) is 11.0 Å². The van der Waals surface area contributed by atoms with Crippen LogP contribution in [0.25, 0.3) is 22.7 Å². The summed E-state index contributed by atoms with van der Waals surface area (Å²) in [6, 6.07) is 20.1. The first-order chi connectivity index (χ1) is 14.1. The Kier molecular flexibility index (Phi) is 5.39. The number of anilines is 2. The van der Waals surface area contributed by atoms with E-state index in [9.17, 15) is 9.18 Å². The molecule has 3 aromatic carbocycles. The van der Waals surface area contributed by atoms with E-state index < -0.39 is 6.03 Å². The minimum absolute atomic E-state index is 0.360. The van der Waals surface area contributed by atoms with Gasteiger partial charge in [0, 0.05) is 27.0 Å². The fourth-order valence-corrected chi connectivity index (χ4v) is 3.11. The molecule has 0 radical (unpaired) electrons. The van der Waals surface area contributed by atoms with Crippen molar-refractivity contribution in [3.8, 4) is 22.7 Å². The number of benzene rings is 3. The summed E-state index contributed by atoms with van der Waals surface area (Å²) in [5.74, 6) is 0.128. The molecule has 4 aromatic rings. The van der Waals surface area contributed by atoms with Gasteiger partial charge in [0.25, 0.3) is 0 Å². The van der Waals surface area contributed by atoms with Crippen molar-refractivity contribution in [2.24, 2.45) is 0 Å². The molecule has 2 amide bonds. The monoisotopic (exact) mass is 451 g/mol. The zero-order valence-electron chi connectivity index (χ0n) is 15.0. The highest BCUT2D eigenvalue weighted by atomic mass is 79.9. The fourth-order valence-electron chi connectivity index (χ4n) is 2.71. The molecule has 1 heterocycles. The van der Waals surface area contributed by atoms with Crippen LogP contribution in [0.2, 0.25) is 0 Å². The average molecular weight is 452 g/mol. The highest BCUT2D eigenvalue weighted by Crippen LogP contribution is 2.27. The number of urea groups is 1. The quantitative estimate of drug-likeness (QED) is 0.369. The number of hydrogen-bond donors (Lipinski definition) is 2. The predicted molar refractivity (Wildman–Crippen MR) is 114 cm³/mol. The molecule has 0 aliphatic rings. The summed E-state index contributed by atoms with van der Waals surface area (Å²) < 4.78 is 19.5. The Balaban J connectivity index is 1.43. The second-order valence-electron chi connectivity index (χ2n) is 6.21. The molecule has 29 heavy (non-hydrogen) atoms. The van der Waals surface area contributed by atoms with Crippen LogP contribution in [0.4, 0.5) is 20.6 Å². The highest BCUT2D eigenvalue weighted by Gasteiger charge is 2.10. The molecule has 2 N–H and O–H groups in total. The molecule has 4 rings (SSSR count). The Hall–Kier alpha value is -3.45. The summed E-state index contributed by atoms with van der Waals surface area (Å²) in [6.07, 6.45) is 1.61. The van der Waals surface area contributed by atoms with Crippen LogP contribution < -0.4 is 10.6 Å². The lowest BCUT2D eigenvalue weighted by Gasteiger charge is -2.08. The Morgan fingerprint density at radius 2 is 1.55 bits per heavy atom. The van der Waals surface area contributed by atoms with E-state index in [1.165, 1.54) is 24.3 Å². The average Bonchev–Trinajstić information content (AvgIpc) is 3.21. The fraction of sp³-hybridized carbons (Fsp3) is 0. The van der Waals surface area contributed by atoms with Crippen molar-refractivity contribution in [3.05, 3.63) is 89.3 Å². The summed E-state index contributed by atoms with van der Waals surface area (Å²) in [6.45, 7) is 0. The Morgan fingerprint density at radius 3 is 2.21 bits per heavy atom. The van der Waals surface area contributed by atoms with Gasteiger partial charge in [0.05, 0.1) is 0 Å². The van der Waals surface area contributed by atoms with Gasteiger partial charge in [0.15, 0.2) is 0 Å². The SMILES string of the molecule is O=C(Nc1ccc(F)cc1)Nc1ccc(-c2nc(-c3cccc(Br)c3)co2)cc1. The van der Waals surface area contributed by atoms with E-state index in [4.69, 9.17) is 4.42 Å². The van der Waals surface area contributed by atoms with Gasteiger partial charge >= 0.3 is 6.03 Å². The summed E-state index contributed by atoms with van der Waals surface area (Å²) >= 11 is 3.45. The zero-order chi connectivity index (χ0) is 20.2. The van der Waals surface area contributed by atoms with Gasteiger partial charge in [0.1, 0.15) is 17.8 Å². The summed E-state index contributed by atoms with van der Waals surface area (Å²) in [4.78, 5) is 16.6. The second-order valence-corrected chi connectivity index (χ2v) is 7.13.